The van der Waals surface area contributed by atoms with Crippen molar-refractivity contribution in [3.63, 3.8) is 0 Å². The molecular weight excluding hydrogens is 250 g/mol. The van der Waals surface area contributed by atoms with Gasteiger partial charge in [-0.15, -0.1) is 0 Å². The first-order valence-corrected chi connectivity index (χ1v) is 7.12. The molecule has 1 aliphatic carbocycles. The van der Waals surface area contributed by atoms with E-state index >= 15 is 0 Å². The van der Waals surface area contributed by atoms with Crippen LogP contribution in [0, 0.1) is 31.6 Å². The van der Waals surface area contributed by atoms with Crippen LogP contribution in [0.5, 0.6) is 0 Å². The molecule has 20 heavy (non-hydrogen) atoms. The van der Waals surface area contributed by atoms with Crippen LogP contribution >= 0.6 is 0 Å². The minimum atomic E-state index is -0.188. The van der Waals surface area contributed by atoms with Crippen LogP contribution in [-0.2, 0) is 9.59 Å². The number of allylic oxidation sites excluding steroid dienone is 2. The van der Waals surface area contributed by atoms with Crippen molar-refractivity contribution < 1.29 is 9.59 Å². The van der Waals surface area contributed by atoms with E-state index in [2.05, 4.69) is 6.08 Å². The van der Waals surface area contributed by atoms with Gasteiger partial charge in [-0.1, -0.05) is 31.2 Å². The van der Waals surface area contributed by atoms with Gasteiger partial charge in [0.2, 0.25) is 11.8 Å². The van der Waals surface area contributed by atoms with Crippen LogP contribution in [0.4, 0.5) is 5.69 Å². The molecule has 1 saturated heterocycles. The van der Waals surface area contributed by atoms with Crippen LogP contribution in [0.3, 0.4) is 0 Å². The van der Waals surface area contributed by atoms with Gasteiger partial charge < -0.3 is 0 Å². The van der Waals surface area contributed by atoms with Crippen molar-refractivity contribution >= 4 is 17.5 Å². The molecule has 2 amide bonds. The summed E-state index contributed by atoms with van der Waals surface area (Å²) in [7, 11) is 0. The fourth-order valence-corrected chi connectivity index (χ4v) is 3.35. The molecule has 3 heteroatoms. The van der Waals surface area contributed by atoms with Crippen molar-refractivity contribution in [3.05, 3.63) is 41.5 Å². The largest absolute Gasteiger partial charge is 0.274 e. The zero-order chi connectivity index (χ0) is 14.4. The Morgan fingerprint density at radius 3 is 2.60 bits per heavy atom. The molecule has 3 unspecified atom stereocenters. The molecule has 0 radical (unpaired) electrons. The number of benzene rings is 1. The van der Waals surface area contributed by atoms with Gasteiger partial charge in [0.25, 0.3) is 0 Å². The van der Waals surface area contributed by atoms with Gasteiger partial charge in [-0.05, 0) is 43.4 Å². The van der Waals surface area contributed by atoms with Crippen LogP contribution < -0.4 is 4.90 Å². The Hall–Kier alpha value is -1.90. The first-order valence-electron chi connectivity index (χ1n) is 7.12. The normalized spacial score (nSPS) is 28.9. The predicted octanol–water partition coefficient (Wildman–Crippen LogP) is 3.01. The summed E-state index contributed by atoms with van der Waals surface area (Å²) >= 11 is 0. The number of aryl methyl sites for hydroxylation is 2. The highest BCUT2D eigenvalue weighted by Gasteiger charge is 2.50. The van der Waals surface area contributed by atoms with E-state index in [0.29, 0.717) is 6.42 Å². The quantitative estimate of drug-likeness (QED) is 0.580. The Kier molecular flexibility index (Phi) is 3.00. The third kappa shape index (κ3) is 1.80. The maximum atomic E-state index is 12.7. The zero-order valence-corrected chi connectivity index (χ0v) is 12.1. The molecule has 0 aromatic heterocycles. The highest BCUT2D eigenvalue weighted by atomic mass is 16.2. The van der Waals surface area contributed by atoms with Crippen LogP contribution in [0.25, 0.3) is 0 Å². The second kappa shape index (κ2) is 4.58. The van der Waals surface area contributed by atoms with E-state index in [1.165, 1.54) is 4.90 Å². The lowest BCUT2D eigenvalue weighted by atomic mass is 9.78. The summed E-state index contributed by atoms with van der Waals surface area (Å²) in [5, 5.41) is 0. The number of carbonyl (C=O) groups excluding carboxylic acids is 2. The van der Waals surface area contributed by atoms with Crippen molar-refractivity contribution in [2.75, 3.05) is 4.90 Å². The summed E-state index contributed by atoms with van der Waals surface area (Å²) in [6.07, 6.45) is 4.77. The van der Waals surface area contributed by atoms with Gasteiger partial charge in [0.05, 0.1) is 17.5 Å². The van der Waals surface area contributed by atoms with E-state index in [-0.39, 0.29) is 29.6 Å². The fraction of sp³-hybridized carbons (Fsp3) is 0.412. The average Bonchev–Trinajstić information content (AvgIpc) is 2.66. The first kappa shape index (κ1) is 13.1. The molecule has 2 aliphatic rings. The minimum Gasteiger partial charge on any atom is -0.274 e. The molecule has 0 saturated carbocycles. The van der Waals surface area contributed by atoms with E-state index in [4.69, 9.17) is 0 Å². The summed E-state index contributed by atoms with van der Waals surface area (Å²) in [5.74, 6) is -0.300. The van der Waals surface area contributed by atoms with Gasteiger partial charge in [0, 0.05) is 0 Å². The van der Waals surface area contributed by atoms with Crippen molar-refractivity contribution in [1.82, 2.24) is 0 Å². The molecule has 1 aliphatic heterocycles. The molecule has 1 aromatic carbocycles. The van der Waals surface area contributed by atoms with Crippen LogP contribution in [0.2, 0.25) is 0 Å². The Labute approximate surface area is 119 Å². The number of anilines is 1. The van der Waals surface area contributed by atoms with Gasteiger partial charge in [0.1, 0.15) is 0 Å². The second-order valence-corrected chi connectivity index (χ2v) is 5.96. The van der Waals surface area contributed by atoms with E-state index in [0.717, 1.165) is 16.8 Å². The van der Waals surface area contributed by atoms with E-state index < -0.39 is 0 Å². The van der Waals surface area contributed by atoms with Crippen LogP contribution in [0.15, 0.2) is 30.4 Å². The molecule has 1 fully saturated rings. The molecule has 0 N–H and O–H groups in total. The molecule has 3 rings (SSSR count). The SMILES string of the molecule is Cc1ccc(C)c(N2C(=O)C3CC=CC(C)C3C2=O)c1. The van der Waals surface area contributed by atoms with Gasteiger partial charge in [-0.3, -0.25) is 9.59 Å². The molecule has 1 aromatic rings. The van der Waals surface area contributed by atoms with Crippen molar-refractivity contribution in [2.45, 2.75) is 27.2 Å². The van der Waals surface area contributed by atoms with Gasteiger partial charge >= 0.3 is 0 Å². The lowest BCUT2D eigenvalue weighted by Gasteiger charge is -2.22. The summed E-state index contributed by atoms with van der Waals surface area (Å²) in [6, 6.07) is 5.90. The Balaban J connectivity index is 2.06. The molecule has 104 valence electrons. The number of nitrogens with zero attached hydrogens (tertiary/aromatic N) is 1. The highest BCUT2D eigenvalue weighted by molar-refractivity contribution is 6.22. The molecule has 1 heterocycles. The van der Waals surface area contributed by atoms with Gasteiger partial charge in [-0.25, -0.2) is 4.90 Å². The van der Waals surface area contributed by atoms with Crippen LogP contribution in [-0.4, -0.2) is 11.8 Å². The number of hydrogen-bond donors (Lipinski definition) is 0. The standard InChI is InChI=1S/C17H19NO2/c1-10-7-8-11(2)14(9-10)18-16(19)13-6-4-5-12(3)15(13)17(18)20/h4-5,7-9,12-13,15H,6H2,1-3H3. The monoisotopic (exact) mass is 269 g/mol. The van der Waals surface area contributed by atoms with Crippen molar-refractivity contribution in [3.8, 4) is 0 Å². The minimum absolute atomic E-state index is 0.0365. The Morgan fingerprint density at radius 2 is 1.90 bits per heavy atom. The highest BCUT2D eigenvalue weighted by Crippen LogP contribution is 2.41. The zero-order valence-electron chi connectivity index (χ0n) is 12.1. The van der Waals surface area contributed by atoms with Crippen molar-refractivity contribution in [2.24, 2.45) is 17.8 Å². The number of fused-ring (bicyclic) bond motifs is 1. The number of amides is 2. The maximum Gasteiger partial charge on any atom is 0.238 e. The van der Waals surface area contributed by atoms with E-state index in [1.54, 1.807) is 0 Å². The van der Waals surface area contributed by atoms with Gasteiger partial charge in [-0.2, -0.15) is 0 Å². The van der Waals surface area contributed by atoms with E-state index in [9.17, 15) is 9.59 Å². The van der Waals surface area contributed by atoms with E-state index in [1.807, 2.05) is 45.0 Å². The smallest absolute Gasteiger partial charge is 0.238 e. The topological polar surface area (TPSA) is 37.4 Å². The predicted molar refractivity (Wildman–Crippen MR) is 78.3 cm³/mol. The van der Waals surface area contributed by atoms with Gasteiger partial charge in [0.15, 0.2) is 0 Å². The number of hydrogen-bond acceptors (Lipinski definition) is 2. The lowest BCUT2D eigenvalue weighted by Crippen LogP contribution is -2.32. The average molecular weight is 269 g/mol. The molecule has 0 spiro atoms. The summed E-state index contributed by atoms with van der Waals surface area (Å²) < 4.78 is 0. The third-order valence-corrected chi connectivity index (χ3v) is 4.48. The summed E-state index contributed by atoms with van der Waals surface area (Å²) in [6.45, 7) is 5.94. The number of rotatable bonds is 1. The lowest BCUT2D eigenvalue weighted by molar-refractivity contribution is -0.122. The third-order valence-electron chi connectivity index (χ3n) is 4.48. The fourth-order valence-electron chi connectivity index (χ4n) is 3.35. The summed E-state index contributed by atoms with van der Waals surface area (Å²) in [4.78, 5) is 26.7. The second-order valence-electron chi connectivity index (χ2n) is 5.96. The Morgan fingerprint density at radius 1 is 1.15 bits per heavy atom. The molecule has 3 atom stereocenters. The molecule has 3 nitrogen and oxygen atoms in total. The van der Waals surface area contributed by atoms with Crippen molar-refractivity contribution in [1.29, 1.82) is 0 Å². The summed E-state index contributed by atoms with van der Waals surface area (Å²) in [5.41, 5.74) is 2.78. The maximum absolute atomic E-state index is 12.7. The molecule has 0 bridgehead atoms. The van der Waals surface area contributed by atoms with Crippen LogP contribution in [0.1, 0.15) is 24.5 Å². The Bertz CT molecular complexity index is 617. The number of carbonyl (C=O) groups is 2. The molecular formula is C17H19NO2. The first-order chi connectivity index (χ1) is 9.50. The number of imide groups is 1.